The Bertz CT molecular complexity index is 1870. The highest BCUT2D eigenvalue weighted by Crippen LogP contribution is 2.23. The molecule has 0 saturated carbocycles. The number of rotatable bonds is 6. The Labute approximate surface area is 212 Å². The molecule has 10 nitrogen and oxygen atoms in total. The predicted molar refractivity (Wildman–Crippen MR) is 136 cm³/mol. The Morgan fingerprint density at radius 3 is 1.57 bits per heavy atom. The first-order chi connectivity index (χ1) is 17.4. The third-order valence-electron chi connectivity index (χ3n) is 5.59. The van der Waals surface area contributed by atoms with Gasteiger partial charge in [-0.25, -0.2) is 21.6 Å². The van der Waals surface area contributed by atoms with Crippen LogP contribution in [-0.4, -0.2) is 37.4 Å². The topological polar surface area (TPSA) is 139 Å². The van der Waals surface area contributed by atoms with E-state index in [0.29, 0.717) is 0 Å². The molecule has 12 heteroatoms. The number of hydrogen-bond donors (Lipinski definition) is 0. The molecule has 0 saturated heterocycles. The number of esters is 1. The van der Waals surface area contributed by atoms with Gasteiger partial charge in [0.25, 0.3) is 20.0 Å². The summed E-state index contributed by atoms with van der Waals surface area (Å²) in [4.78, 5) is 38.3. The molecule has 0 bridgehead atoms. The highest BCUT2D eigenvalue weighted by Gasteiger charge is 2.30. The standard InChI is InChI=1S/C25H22N2O8S2/c1-4-35-25(30)18-9-14-21-22(15-18)27(37(33,34)20-12-7-17(3)8-13-20)24(29)23(28)26(21)36(31,32)19-10-5-16(2)6-11-19/h5-15H,4H2,1-3H3. The van der Waals surface area contributed by atoms with E-state index >= 15 is 0 Å². The van der Waals surface area contributed by atoms with Crippen LogP contribution in [0.1, 0.15) is 28.4 Å². The van der Waals surface area contributed by atoms with E-state index in [1.165, 1.54) is 54.6 Å². The molecule has 0 aliphatic rings. The van der Waals surface area contributed by atoms with Crippen molar-refractivity contribution in [1.82, 2.24) is 7.94 Å². The van der Waals surface area contributed by atoms with Crippen LogP contribution in [-0.2, 0) is 24.8 Å². The van der Waals surface area contributed by atoms with E-state index in [1.807, 2.05) is 0 Å². The molecule has 0 spiro atoms. The maximum absolute atomic E-state index is 13.6. The van der Waals surface area contributed by atoms with E-state index < -0.39 is 48.2 Å². The van der Waals surface area contributed by atoms with Crippen molar-refractivity contribution in [2.45, 2.75) is 30.6 Å². The van der Waals surface area contributed by atoms with E-state index in [2.05, 4.69) is 0 Å². The van der Waals surface area contributed by atoms with Crippen molar-refractivity contribution in [1.29, 1.82) is 0 Å². The lowest BCUT2D eigenvalue weighted by Gasteiger charge is -2.16. The number of hydrogen-bond acceptors (Lipinski definition) is 8. The Morgan fingerprint density at radius 2 is 1.14 bits per heavy atom. The molecule has 4 rings (SSSR count). The van der Waals surface area contributed by atoms with Crippen LogP contribution in [0.4, 0.5) is 0 Å². The van der Waals surface area contributed by atoms with Crippen molar-refractivity contribution in [3.8, 4) is 0 Å². The summed E-state index contributed by atoms with van der Waals surface area (Å²) in [5.41, 5.74) is -2.73. The second kappa shape index (κ2) is 9.45. The molecular formula is C25H22N2O8S2. The molecule has 0 aliphatic heterocycles. The number of carbonyl (C=O) groups excluding carboxylic acids is 1. The van der Waals surface area contributed by atoms with Crippen molar-refractivity contribution < 1.29 is 26.4 Å². The van der Waals surface area contributed by atoms with E-state index in [-0.39, 0.29) is 29.9 Å². The minimum absolute atomic E-state index is 0.0205. The van der Waals surface area contributed by atoms with Gasteiger partial charge in [-0.3, -0.25) is 9.59 Å². The molecule has 4 aromatic rings. The lowest BCUT2D eigenvalue weighted by Crippen LogP contribution is -2.46. The van der Waals surface area contributed by atoms with Crippen LogP contribution in [0.2, 0.25) is 0 Å². The van der Waals surface area contributed by atoms with Crippen molar-refractivity contribution in [2.75, 3.05) is 6.61 Å². The predicted octanol–water partition coefficient (Wildman–Crippen LogP) is 2.43. The van der Waals surface area contributed by atoms with Gasteiger partial charge in [0, 0.05) is 0 Å². The minimum atomic E-state index is -4.68. The summed E-state index contributed by atoms with van der Waals surface area (Å²) in [5.74, 6) is -0.824. The summed E-state index contributed by atoms with van der Waals surface area (Å²) >= 11 is 0. The zero-order chi connectivity index (χ0) is 27.1. The van der Waals surface area contributed by atoms with E-state index in [1.54, 1.807) is 20.8 Å². The number of benzene rings is 3. The fourth-order valence-electron chi connectivity index (χ4n) is 3.70. The third-order valence-corrected chi connectivity index (χ3v) is 9.02. The largest absolute Gasteiger partial charge is 0.462 e. The molecule has 192 valence electrons. The van der Waals surface area contributed by atoms with Gasteiger partial charge in [-0.2, -0.15) is 7.94 Å². The number of ether oxygens (including phenoxy) is 1. The monoisotopic (exact) mass is 542 g/mol. The normalized spacial score (nSPS) is 12.0. The van der Waals surface area contributed by atoms with Crippen molar-refractivity contribution in [3.05, 3.63) is 104 Å². The van der Waals surface area contributed by atoms with Crippen molar-refractivity contribution in [3.63, 3.8) is 0 Å². The van der Waals surface area contributed by atoms with Gasteiger partial charge in [0.2, 0.25) is 0 Å². The van der Waals surface area contributed by atoms with Crippen molar-refractivity contribution in [2.24, 2.45) is 0 Å². The summed E-state index contributed by atoms with van der Waals surface area (Å²) < 4.78 is 59.6. The van der Waals surface area contributed by atoms with Gasteiger partial charge >= 0.3 is 17.1 Å². The average molecular weight is 543 g/mol. The lowest BCUT2D eigenvalue weighted by atomic mass is 10.2. The van der Waals surface area contributed by atoms with Crippen LogP contribution >= 0.6 is 0 Å². The molecule has 0 unspecified atom stereocenters. The Balaban J connectivity index is 2.15. The second-order valence-corrected chi connectivity index (χ2v) is 11.8. The molecular weight excluding hydrogens is 520 g/mol. The molecule has 0 N–H and O–H groups in total. The molecule has 0 atom stereocenters. The SMILES string of the molecule is CCOC(=O)c1ccc2c(c1)n(S(=O)(=O)c1ccc(C)cc1)c(=O)c(=O)n2S(=O)(=O)c1ccc(C)cc1. The van der Waals surface area contributed by atoms with Gasteiger partial charge < -0.3 is 4.74 Å². The number of carbonyl (C=O) groups is 1. The molecule has 3 aromatic carbocycles. The van der Waals surface area contributed by atoms with Crippen LogP contribution < -0.4 is 11.1 Å². The first-order valence-electron chi connectivity index (χ1n) is 11.0. The average Bonchev–Trinajstić information content (AvgIpc) is 2.85. The Hall–Kier alpha value is -4.03. The quantitative estimate of drug-likeness (QED) is 0.267. The molecule has 0 radical (unpaired) electrons. The Morgan fingerprint density at radius 1 is 0.703 bits per heavy atom. The van der Waals surface area contributed by atoms with Crippen molar-refractivity contribution >= 4 is 37.0 Å². The van der Waals surface area contributed by atoms with Crippen LogP contribution in [0.25, 0.3) is 11.0 Å². The fourth-order valence-corrected chi connectivity index (χ4v) is 6.49. The highest BCUT2D eigenvalue weighted by molar-refractivity contribution is 7.90. The smallest absolute Gasteiger partial charge is 0.338 e. The number of nitrogens with zero attached hydrogens (tertiary/aromatic N) is 2. The van der Waals surface area contributed by atoms with E-state index in [9.17, 15) is 31.2 Å². The summed E-state index contributed by atoms with van der Waals surface area (Å²) in [6, 6.07) is 14.4. The van der Waals surface area contributed by atoms with Crippen LogP contribution in [0.5, 0.6) is 0 Å². The maximum atomic E-state index is 13.6. The zero-order valence-corrected chi connectivity index (χ0v) is 21.7. The van der Waals surface area contributed by atoms with Gasteiger partial charge in [0.05, 0.1) is 33.0 Å². The number of aromatic nitrogens is 2. The van der Waals surface area contributed by atoms with Crippen LogP contribution in [0.15, 0.2) is 86.1 Å². The molecule has 1 heterocycles. The van der Waals surface area contributed by atoms with Gasteiger partial charge in [-0.05, 0) is 63.2 Å². The summed E-state index contributed by atoms with van der Waals surface area (Å²) in [5, 5.41) is 0. The van der Waals surface area contributed by atoms with E-state index in [4.69, 9.17) is 4.74 Å². The summed E-state index contributed by atoms with van der Waals surface area (Å²) in [7, 11) is -9.31. The van der Waals surface area contributed by atoms with E-state index in [0.717, 1.165) is 23.3 Å². The zero-order valence-electron chi connectivity index (χ0n) is 20.0. The molecule has 37 heavy (non-hydrogen) atoms. The lowest BCUT2D eigenvalue weighted by molar-refractivity contribution is 0.0526. The highest BCUT2D eigenvalue weighted by atomic mass is 32.2. The summed E-state index contributed by atoms with van der Waals surface area (Å²) in [6.07, 6.45) is 0. The van der Waals surface area contributed by atoms with Crippen LogP contribution in [0.3, 0.4) is 0 Å². The second-order valence-electron chi connectivity index (χ2n) is 8.20. The Kier molecular flexibility index (Phi) is 6.65. The molecule has 0 fully saturated rings. The number of aryl methyl sites for hydroxylation is 2. The maximum Gasteiger partial charge on any atom is 0.338 e. The molecule has 1 aromatic heterocycles. The fraction of sp³-hybridized carbons (Fsp3) is 0.160. The first kappa shape index (κ1) is 26.0. The summed E-state index contributed by atoms with van der Waals surface area (Å²) in [6.45, 7) is 5.07. The third kappa shape index (κ3) is 4.49. The number of fused-ring (bicyclic) bond motifs is 1. The van der Waals surface area contributed by atoms with Gasteiger partial charge in [-0.15, -0.1) is 0 Å². The molecule has 0 aliphatic carbocycles. The van der Waals surface area contributed by atoms with Gasteiger partial charge in [0.15, 0.2) is 0 Å². The minimum Gasteiger partial charge on any atom is -0.462 e. The van der Waals surface area contributed by atoms with Crippen LogP contribution in [0, 0.1) is 13.8 Å². The molecule has 0 amide bonds. The first-order valence-corrected chi connectivity index (χ1v) is 13.9. The van der Waals surface area contributed by atoms with Gasteiger partial charge in [0.1, 0.15) is 0 Å². The van der Waals surface area contributed by atoms with Gasteiger partial charge in [-0.1, -0.05) is 35.4 Å².